The first kappa shape index (κ1) is 13.4. The molecular formula is C16H22N2O2. The fraction of sp³-hybridized carbons (Fsp3) is 0.562. The number of aryl methyl sites for hydroxylation is 1. The molecule has 4 nitrogen and oxygen atoms in total. The molecule has 0 atom stereocenters. The highest BCUT2D eigenvalue weighted by atomic mass is 16.3. The number of aliphatic hydroxyl groups is 1. The van der Waals surface area contributed by atoms with Crippen molar-refractivity contribution in [2.75, 3.05) is 25.0 Å². The van der Waals surface area contributed by atoms with Crippen LogP contribution in [0.3, 0.4) is 0 Å². The predicted octanol–water partition coefficient (Wildman–Crippen LogP) is 2.03. The summed E-state index contributed by atoms with van der Waals surface area (Å²) in [5.41, 5.74) is 2.56. The van der Waals surface area contributed by atoms with Crippen LogP contribution in [0.25, 0.3) is 0 Å². The van der Waals surface area contributed by atoms with Gasteiger partial charge in [0.15, 0.2) is 0 Å². The molecule has 108 valence electrons. The average molecular weight is 274 g/mol. The molecule has 0 bridgehead atoms. The molecule has 0 saturated carbocycles. The Morgan fingerprint density at radius 3 is 2.85 bits per heavy atom. The summed E-state index contributed by atoms with van der Waals surface area (Å²) in [5, 5.41) is 13.3. The molecule has 0 aliphatic carbocycles. The number of hydrogen-bond donors (Lipinski definition) is 2. The van der Waals surface area contributed by atoms with Crippen LogP contribution in [0.2, 0.25) is 0 Å². The topological polar surface area (TPSA) is 52.6 Å². The number of amides is 1. The molecule has 20 heavy (non-hydrogen) atoms. The van der Waals surface area contributed by atoms with Crippen molar-refractivity contribution >= 4 is 11.6 Å². The van der Waals surface area contributed by atoms with E-state index in [-0.39, 0.29) is 5.91 Å². The first-order valence-electron chi connectivity index (χ1n) is 7.44. The zero-order valence-electron chi connectivity index (χ0n) is 12.0. The molecule has 0 aromatic heterocycles. The summed E-state index contributed by atoms with van der Waals surface area (Å²) in [6, 6.07) is 5.95. The molecule has 2 aliphatic rings. The lowest BCUT2D eigenvalue weighted by atomic mass is 9.93. The Balaban J connectivity index is 1.74. The monoisotopic (exact) mass is 274 g/mol. The van der Waals surface area contributed by atoms with Crippen molar-refractivity contribution < 1.29 is 9.90 Å². The number of nitrogens with one attached hydrogen (secondary N) is 1. The SMILES string of the molecule is CC1(O)CCN(C(=O)c2ccc3c(c2)CCCN3)CC1. The van der Waals surface area contributed by atoms with Crippen molar-refractivity contribution in [1.82, 2.24) is 4.90 Å². The minimum Gasteiger partial charge on any atom is -0.390 e. The molecule has 1 saturated heterocycles. The molecule has 3 rings (SSSR count). The average Bonchev–Trinajstić information content (AvgIpc) is 2.46. The van der Waals surface area contributed by atoms with Gasteiger partial charge in [0.05, 0.1) is 5.60 Å². The van der Waals surface area contributed by atoms with Crippen molar-refractivity contribution in [1.29, 1.82) is 0 Å². The maximum Gasteiger partial charge on any atom is 0.253 e. The van der Waals surface area contributed by atoms with Crippen molar-refractivity contribution in [2.45, 2.75) is 38.2 Å². The van der Waals surface area contributed by atoms with Gasteiger partial charge in [-0.2, -0.15) is 0 Å². The summed E-state index contributed by atoms with van der Waals surface area (Å²) in [5.74, 6) is 0.0915. The Morgan fingerprint density at radius 2 is 2.10 bits per heavy atom. The summed E-state index contributed by atoms with van der Waals surface area (Å²) in [4.78, 5) is 14.4. The van der Waals surface area contributed by atoms with E-state index in [0.717, 1.165) is 30.6 Å². The number of anilines is 1. The molecule has 2 N–H and O–H groups in total. The second-order valence-electron chi connectivity index (χ2n) is 6.19. The van der Waals surface area contributed by atoms with Crippen LogP contribution in [0.15, 0.2) is 18.2 Å². The Bertz CT molecular complexity index is 515. The Kier molecular flexibility index (Phi) is 3.42. The summed E-state index contributed by atoms with van der Waals surface area (Å²) in [6.45, 7) is 4.14. The molecule has 1 aromatic carbocycles. The Labute approximate surface area is 119 Å². The van der Waals surface area contributed by atoms with E-state index in [1.165, 1.54) is 5.56 Å². The highest BCUT2D eigenvalue weighted by Crippen LogP contribution is 2.26. The smallest absolute Gasteiger partial charge is 0.253 e. The zero-order valence-corrected chi connectivity index (χ0v) is 12.0. The van der Waals surface area contributed by atoms with E-state index in [0.29, 0.717) is 25.9 Å². The predicted molar refractivity (Wildman–Crippen MR) is 79.0 cm³/mol. The second kappa shape index (κ2) is 5.09. The van der Waals surface area contributed by atoms with E-state index in [4.69, 9.17) is 0 Å². The fourth-order valence-electron chi connectivity index (χ4n) is 2.98. The highest BCUT2D eigenvalue weighted by Gasteiger charge is 2.30. The molecular weight excluding hydrogens is 252 g/mol. The van der Waals surface area contributed by atoms with Gasteiger partial charge in [-0.05, 0) is 56.4 Å². The number of likely N-dealkylation sites (tertiary alicyclic amines) is 1. The standard InChI is InChI=1S/C16H22N2O2/c1-16(20)6-9-18(10-7-16)15(19)13-4-5-14-12(11-13)3-2-8-17-14/h4-5,11,17,20H,2-3,6-10H2,1H3. The van der Waals surface area contributed by atoms with Crippen molar-refractivity contribution in [3.05, 3.63) is 29.3 Å². The van der Waals surface area contributed by atoms with Crippen LogP contribution in [0.1, 0.15) is 42.1 Å². The van der Waals surface area contributed by atoms with Crippen molar-refractivity contribution in [3.63, 3.8) is 0 Å². The number of piperidine rings is 1. The van der Waals surface area contributed by atoms with Gasteiger partial charge in [0.1, 0.15) is 0 Å². The summed E-state index contributed by atoms with van der Waals surface area (Å²) in [7, 11) is 0. The van der Waals surface area contributed by atoms with E-state index in [2.05, 4.69) is 5.32 Å². The Morgan fingerprint density at radius 1 is 1.35 bits per heavy atom. The Hall–Kier alpha value is -1.55. The number of benzene rings is 1. The molecule has 2 aliphatic heterocycles. The summed E-state index contributed by atoms with van der Waals surface area (Å²) < 4.78 is 0. The van der Waals surface area contributed by atoms with Crippen LogP contribution in [0.5, 0.6) is 0 Å². The van der Waals surface area contributed by atoms with Crippen LogP contribution < -0.4 is 5.32 Å². The maximum absolute atomic E-state index is 12.5. The van der Waals surface area contributed by atoms with Gasteiger partial charge in [-0.1, -0.05) is 0 Å². The normalized spacial score (nSPS) is 21.0. The van der Waals surface area contributed by atoms with E-state index >= 15 is 0 Å². The molecule has 1 aromatic rings. The molecule has 0 unspecified atom stereocenters. The third-order valence-electron chi connectivity index (χ3n) is 4.42. The van der Waals surface area contributed by atoms with Crippen LogP contribution in [0, 0.1) is 0 Å². The van der Waals surface area contributed by atoms with Gasteiger partial charge in [0.25, 0.3) is 5.91 Å². The van der Waals surface area contributed by atoms with Gasteiger partial charge >= 0.3 is 0 Å². The molecule has 0 spiro atoms. The lowest BCUT2D eigenvalue weighted by Gasteiger charge is -2.36. The lowest BCUT2D eigenvalue weighted by molar-refractivity contribution is -0.00202. The summed E-state index contributed by atoms with van der Waals surface area (Å²) in [6.07, 6.45) is 3.48. The van der Waals surface area contributed by atoms with Crippen molar-refractivity contribution in [2.24, 2.45) is 0 Å². The number of rotatable bonds is 1. The quantitative estimate of drug-likeness (QED) is 0.824. The van der Waals surface area contributed by atoms with Crippen LogP contribution in [-0.2, 0) is 6.42 Å². The van der Waals surface area contributed by atoms with Crippen LogP contribution in [0.4, 0.5) is 5.69 Å². The maximum atomic E-state index is 12.5. The van der Waals surface area contributed by atoms with Gasteiger partial charge in [-0.15, -0.1) is 0 Å². The zero-order chi connectivity index (χ0) is 14.2. The lowest BCUT2D eigenvalue weighted by Crippen LogP contribution is -2.45. The van der Waals surface area contributed by atoms with Crippen molar-refractivity contribution in [3.8, 4) is 0 Å². The van der Waals surface area contributed by atoms with E-state index in [9.17, 15) is 9.90 Å². The first-order valence-corrected chi connectivity index (χ1v) is 7.44. The van der Waals surface area contributed by atoms with Gasteiger partial charge in [-0.25, -0.2) is 0 Å². The van der Waals surface area contributed by atoms with Crippen LogP contribution in [-0.4, -0.2) is 41.1 Å². The third-order valence-corrected chi connectivity index (χ3v) is 4.42. The number of fused-ring (bicyclic) bond motifs is 1. The number of carbonyl (C=O) groups excluding carboxylic acids is 1. The minimum absolute atomic E-state index is 0.0915. The van der Waals surface area contributed by atoms with Gasteiger partial charge in [0.2, 0.25) is 0 Å². The van der Waals surface area contributed by atoms with E-state index in [1.54, 1.807) is 0 Å². The highest BCUT2D eigenvalue weighted by molar-refractivity contribution is 5.95. The largest absolute Gasteiger partial charge is 0.390 e. The van der Waals surface area contributed by atoms with E-state index < -0.39 is 5.60 Å². The van der Waals surface area contributed by atoms with Gasteiger partial charge < -0.3 is 15.3 Å². The number of nitrogens with zero attached hydrogens (tertiary/aromatic N) is 1. The number of carbonyl (C=O) groups is 1. The molecule has 4 heteroatoms. The molecule has 2 heterocycles. The fourth-order valence-corrected chi connectivity index (χ4v) is 2.98. The summed E-state index contributed by atoms with van der Waals surface area (Å²) >= 11 is 0. The minimum atomic E-state index is -0.615. The van der Waals surface area contributed by atoms with Crippen LogP contribution >= 0.6 is 0 Å². The van der Waals surface area contributed by atoms with Gasteiger partial charge in [0, 0.05) is 30.9 Å². The second-order valence-corrected chi connectivity index (χ2v) is 6.19. The third kappa shape index (κ3) is 2.66. The molecule has 1 fully saturated rings. The molecule has 1 amide bonds. The first-order chi connectivity index (χ1) is 9.55. The van der Waals surface area contributed by atoms with E-state index in [1.807, 2.05) is 30.0 Å². The van der Waals surface area contributed by atoms with Gasteiger partial charge in [-0.3, -0.25) is 4.79 Å². The number of hydrogen-bond acceptors (Lipinski definition) is 3. The molecule has 0 radical (unpaired) electrons.